The standard InChI is InChI=1S/C11H18N2O2/c1-9(2)13(5-6-14)11-7-12-4-3-10(11)8-15/h3-4,7,9,14-15H,5-6,8H2,1-2H3. The van der Waals surface area contributed by atoms with Gasteiger partial charge in [0.05, 0.1) is 25.1 Å². The molecule has 84 valence electrons. The van der Waals surface area contributed by atoms with E-state index in [9.17, 15) is 5.11 Å². The van der Waals surface area contributed by atoms with E-state index in [1.165, 1.54) is 0 Å². The number of hydrogen-bond acceptors (Lipinski definition) is 4. The van der Waals surface area contributed by atoms with Crippen LogP contribution in [0, 0.1) is 0 Å². The second-order valence-electron chi connectivity index (χ2n) is 3.67. The maximum absolute atomic E-state index is 9.20. The lowest BCUT2D eigenvalue weighted by Crippen LogP contribution is -2.34. The summed E-state index contributed by atoms with van der Waals surface area (Å²) in [7, 11) is 0. The number of aromatic nitrogens is 1. The molecule has 1 heterocycles. The summed E-state index contributed by atoms with van der Waals surface area (Å²) >= 11 is 0. The van der Waals surface area contributed by atoms with E-state index in [4.69, 9.17) is 5.11 Å². The lowest BCUT2D eigenvalue weighted by molar-refractivity contribution is 0.280. The van der Waals surface area contributed by atoms with Gasteiger partial charge < -0.3 is 15.1 Å². The molecule has 4 nitrogen and oxygen atoms in total. The van der Waals surface area contributed by atoms with Gasteiger partial charge in [-0.05, 0) is 19.9 Å². The van der Waals surface area contributed by atoms with Crippen LogP contribution in [0.5, 0.6) is 0 Å². The molecule has 4 heteroatoms. The van der Waals surface area contributed by atoms with E-state index in [-0.39, 0.29) is 19.3 Å². The highest BCUT2D eigenvalue weighted by Crippen LogP contribution is 2.20. The van der Waals surface area contributed by atoms with Crippen molar-refractivity contribution in [3.63, 3.8) is 0 Å². The summed E-state index contributed by atoms with van der Waals surface area (Å²) in [5, 5.41) is 18.2. The van der Waals surface area contributed by atoms with Crippen molar-refractivity contribution >= 4 is 5.69 Å². The SMILES string of the molecule is CC(C)N(CCO)c1cnccc1CO. The van der Waals surface area contributed by atoms with Gasteiger partial charge in [-0.3, -0.25) is 4.98 Å². The molecule has 0 aliphatic carbocycles. The first-order valence-electron chi connectivity index (χ1n) is 5.12. The quantitative estimate of drug-likeness (QED) is 0.754. The van der Waals surface area contributed by atoms with E-state index in [0.717, 1.165) is 11.3 Å². The number of anilines is 1. The summed E-state index contributed by atoms with van der Waals surface area (Å²) in [6.07, 6.45) is 3.38. The highest BCUT2D eigenvalue weighted by molar-refractivity contribution is 5.52. The molecule has 0 spiro atoms. The third kappa shape index (κ3) is 2.91. The summed E-state index contributed by atoms with van der Waals surface area (Å²) in [4.78, 5) is 6.07. The van der Waals surface area contributed by atoms with Crippen LogP contribution in [0.4, 0.5) is 5.69 Å². The zero-order valence-corrected chi connectivity index (χ0v) is 9.22. The Morgan fingerprint density at radius 3 is 2.67 bits per heavy atom. The number of aliphatic hydroxyl groups excluding tert-OH is 2. The van der Waals surface area contributed by atoms with Gasteiger partial charge in [-0.15, -0.1) is 0 Å². The maximum Gasteiger partial charge on any atom is 0.0703 e. The number of rotatable bonds is 5. The van der Waals surface area contributed by atoms with Crippen molar-refractivity contribution in [1.29, 1.82) is 0 Å². The normalized spacial score (nSPS) is 10.7. The first kappa shape index (κ1) is 11.9. The van der Waals surface area contributed by atoms with Crippen LogP contribution in [0.3, 0.4) is 0 Å². The fourth-order valence-corrected chi connectivity index (χ4v) is 1.57. The lowest BCUT2D eigenvalue weighted by Gasteiger charge is -2.29. The van der Waals surface area contributed by atoms with Gasteiger partial charge in [-0.1, -0.05) is 0 Å². The minimum absolute atomic E-state index is 0.00744. The molecule has 0 saturated carbocycles. The predicted octanol–water partition coefficient (Wildman–Crippen LogP) is 0.781. The second-order valence-corrected chi connectivity index (χ2v) is 3.67. The van der Waals surface area contributed by atoms with Crippen LogP contribution in [0.15, 0.2) is 18.5 Å². The van der Waals surface area contributed by atoms with Crippen LogP contribution in [-0.4, -0.2) is 34.4 Å². The molecular weight excluding hydrogens is 192 g/mol. The fraction of sp³-hybridized carbons (Fsp3) is 0.545. The Morgan fingerprint density at radius 2 is 2.13 bits per heavy atom. The molecule has 0 aliphatic rings. The minimum Gasteiger partial charge on any atom is -0.395 e. The fourth-order valence-electron chi connectivity index (χ4n) is 1.57. The Kier molecular flexibility index (Phi) is 4.52. The number of pyridine rings is 1. The Labute approximate surface area is 90.2 Å². The van der Waals surface area contributed by atoms with E-state index >= 15 is 0 Å². The van der Waals surface area contributed by atoms with Gasteiger partial charge in [0.25, 0.3) is 0 Å². The summed E-state index contributed by atoms with van der Waals surface area (Å²) in [6.45, 7) is 4.73. The number of nitrogens with zero attached hydrogens (tertiary/aromatic N) is 2. The molecule has 0 unspecified atom stereocenters. The second kappa shape index (κ2) is 5.68. The van der Waals surface area contributed by atoms with Crippen molar-refractivity contribution in [1.82, 2.24) is 4.98 Å². The van der Waals surface area contributed by atoms with E-state index < -0.39 is 0 Å². The van der Waals surface area contributed by atoms with Crippen LogP contribution in [0.1, 0.15) is 19.4 Å². The third-order valence-electron chi connectivity index (χ3n) is 2.33. The number of hydrogen-bond donors (Lipinski definition) is 2. The van der Waals surface area contributed by atoms with Crippen LogP contribution < -0.4 is 4.90 Å². The zero-order chi connectivity index (χ0) is 11.3. The highest BCUT2D eigenvalue weighted by Gasteiger charge is 2.13. The number of aliphatic hydroxyl groups is 2. The van der Waals surface area contributed by atoms with Crippen molar-refractivity contribution in [2.45, 2.75) is 26.5 Å². The van der Waals surface area contributed by atoms with Gasteiger partial charge in [0, 0.05) is 24.3 Å². The molecule has 0 atom stereocenters. The van der Waals surface area contributed by atoms with E-state index in [0.29, 0.717) is 6.54 Å². The predicted molar refractivity (Wildman–Crippen MR) is 59.7 cm³/mol. The van der Waals surface area contributed by atoms with Crippen molar-refractivity contribution in [3.8, 4) is 0 Å². The molecule has 0 amide bonds. The van der Waals surface area contributed by atoms with Crippen LogP contribution in [0.25, 0.3) is 0 Å². The summed E-state index contributed by atoms with van der Waals surface area (Å²) in [5.41, 5.74) is 1.73. The van der Waals surface area contributed by atoms with Gasteiger partial charge in [0.15, 0.2) is 0 Å². The van der Waals surface area contributed by atoms with E-state index in [2.05, 4.69) is 4.98 Å². The molecule has 2 N–H and O–H groups in total. The van der Waals surface area contributed by atoms with E-state index in [1.807, 2.05) is 18.7 Å². The maximum atomic E-state index is 9.20. The molecule has 15 heavy (non-hydrogen) atoms. The first-order valence-corrected chi connectivity index (χ1v) is 5.12. The van der Waals surface area contributed by atoms with Crippen LogP contribution >= 0.6 is 0 Å². The van der Waals surface area contributed by atoms with Crippen molar-refractivity contribution < 1.29 is 10.2 Å². The van der Waals surface area contributed by atoms with Crippen molar-refractivity contribution in [3.05, 3.63) is 24.0 Å². The van der Waals surface area contributed by atoms with E-state index in [1.54, 1.807) is 18.5 Å². The molecule has 1 rings (SSSR count). The molecule has 0 aromatic carbocycles. The average molecular weight is 210 g/mol. The van der Waals surface area contributed by atoms with Gasteiger partial charge >= 0.3 is 0 Å². The summed E-state index contributed by atoms with van der Waals surface area (Å²) in [5.74, 6) is 0. The first-order chi connectivity index (χ1) is 7.20. The monoisotopic (exact) mass is 210 g/mol. The minimum atomic E-state index is -0.00744. The zero-order valence-electron chi connectivity index (χ0n) is 9.22. The molecule has 1 aromatic heterocycles. The molecular formula is C11H18N2O2. The van der Waals surface area contributed by atoms with Crippen molar-refractivity contribution in [2.75, 3.05) is 18.1 Å². The Hall–Kier alpha value is -1.13. The molecule has 0 bridgehead atoms. The van der Waals surface area contributed by atoms with Crippen LogP contribution in [-0.2, 0) is 6.61 Å². The molecule has 0 fully saturated rings. The average Bonchev–Trinajstić information content (AvgIpc) is 2.25. The Morgan fingerprint density at radius 1 is 1.40 bits per heavy atom. The van der Waals surface area contributed by atoms with Crippen LogP contribution in [0.2, 0.25) is 0 Å². The van der Waals surface area contributed by atoms with Gasteiger partial charge in [0.1, 0.15) is 0 Å². The Bertz CT molecular complexity index is 302. The van der Waals surface area contributed by atoms with Gasteiger partial charge in [0.2, 0.25) is 0 Å². The van der Waals surface area contributed by atoms with Crippen molar-refractivity contribution in [2.24, 2.45) is 0 Å². The highest BCUT2D eigenvalue weighted by atomic mass is 16.3. The molecule has 0 saturated heterocycles. The smallest absolute Gasteiger partial charge is 0.0703 e. The Balaban J connectivity index is 2.98. The summed E-state index contributed by atoms with van der Waals surface area (Å²) < 4.78 is 0. The van der Waals surface area contributed by atoms with Gasteiger partial charge in [-0.2, -0.15) is 0 Å². The third-order valence-corrected chi connectivity index (χ3v) is 2.33. The topological polar surface area (TPSA) is 56.6 Å². The molecule has 0 aliphatic heterocycles. The molecule has 0 radical (unpaired) electrons. The molecule has 1 aromatic rings. The van der Waals surface area contributed by atoms with Gasteiger partial charge in [-0.25, -0.2) is 0 Å². The summed E-state index contributed by atoms with van der Waals surface area (Å²) in [6, 6.07) is 2.06. The largest absolute Gasteiger partial charge is 0.395 e. The lowest BCUT2D eigenvalue weighted by atomic mass is 10.2.